The number of aromatic nitrogens is 1. The molecule has 2 rings (SSSR count). The third kappa shape index (κ3) is 2.91. The minimum Gasteiger partial charge on any atom is -0.386 e. The van der Waals surface area contributed by atoms with Crippen molar-refractivity contribution in [3.63, 3.8) is 0 Å². The summed E-state index contributed by atoms with van der Waals surface area (Å²) in [6.07, 6.45) is 0.515. The summed E-state index contributed by atoms with van der Waals surface area (Å²) >= 11 is 3.25. The van der Waals surface area contributed by atoms with Crippen LogP contribution in [-0.4, -0.2) is 10.1 Å². The Morgan fingerprint density at radius 2 is 2.06 bits per heavy atom. The molecule has 0 aliphatic rings. The molecule has 0 saturated heterocycles. The number of aliphatic hydroxyl groups excluding tert-OH is 1. The van der Waals surface area contributed by atoms with Crippen LogP contribution in [0.1, 0.15) is 17.4 Å². The minimum absolute atomic E-state index is 0.0286. The normalized spacial score (nSPS) is 12.4. The molecule has 0 radical (unpaired) electrons. The molecule has 18 heavy (non-hydrogen) atoms. The molecule has 1 aromatic heterocycles. The third-order valence-electron chi connectivity index (χ3n) is 2.52. The summed E-state index contributed by atoms with van der Waals surface area (Å²) in [5, 5.41) is 9.99. The summed E-state index contributed by atoms with van der Waals surface area (Å²) < 4.78 is 27.1. The summed E-state index contributed by atoms with van der Waals surface area (Å²) in [5.74, 6) is -1.07. The number of pyridine rings is 1. The lowest BCUT2D eigenvalue weighted by Crippen LogP contribution is -2.06. The number of rotatable bonds is 3. The van der Waals surface area contributed by atoms with Crippen LogP contribution < -0.4 is 0 Å². The summed E-state index contributed by atoms with van der Waals surface area (Å²) in [5.41, 5.74) is 0.529. The van der Waals surface area contributed by atoms with E-state index in [-0.39, 0.29) is 12.0 Å². The molecule has 2 nitrogen and oxygen atoms in total. The number of nitrogens with zero attached hydrogens (tertiary/aromatic N) is 1. The lowest BCUT2D eigenvalue weighted by atomic mass is 10.0. The number of halogens is 3. The predicted molar refractivity (Wildman–Crippen MR) is 67.0 cm³/mol. The molecule has 0 fully saturated rings. The van der Waals surface area contributed by atoms with Crippen molar-refractivity contribution in [1.29, 1.82) is 0 Å². The zero-order chi connectivity index (χ0) is 13.1. The zero-order valence-electron chi connectivity index (χ0n) is 9.28. The molecule has 94 valence electrons. The van der Waals surface area contributed by atoms with Crippen molar-refractivity contribution in [2.75, 3.05) is 0 Å². The first-order valence-corrected chi connectivity index (χ1v) is 6.09. The molecular formula is C13H10BrF2NO. The van der Waals surface area contributed by atoms with Gasteiger partial charge in [0.2, 0.25) is 0 Å². The predicted octanol–water partition coefficient (Wildman–Crippen LogP) is 3.40. The maximum absolute atomic E-state index is 13.4. The molecule has 2 aromatic rings. The summed E-state index contributed by atoms with van der Waals surface area (Å²) in [6, 6.07) is 6.61. The molecule has 0 aliphatic carbocycles. The van der Waals surface area contributed by atoms with Gasteiger partial charge in [-0.3, -0.25) is 4.98 Å². The molecule has 1 N–H and O–H groups in total. The van der Waals surface area contributed by atoms with Gasteiger partial charge in [-0.25, -0.2) is 8.78 Å². The van der Waals surface area contributed by atoms with Crippen LogP contribution in [0.5, 0.6) is 0 Å². The Balaban J connectivity index is 2.24. The topological polar surface area (TPSA) is 33.1 Å². The molecule has 1 atom stereocenters. The van der Waals surface area contributed by atoms with E-state index in [2.05, 4.69) is 20.9 Å². The van der Waals surface area contributed by atoms with Gasteiger partial charge in [0.15, 0.2) is 0 Å². The highest BCUT2D eigenvalue weighted by atomic mass is 79.9. The second-order valence-electron chi connectivity index (χ2n) is 3.83. The monoisotopic (exact) mass is 313 g/mol. The van der Waals surface area contributed by atoms with Gasteiger partial charge in [0.05, 0.1) is 5.69 Å². The average molecular weight is 314 g/mol. The molecule has 1 heterocycles. The Bertz CT molecular complexity index is 562. The highest BCUT2D eigenvalue weighted by Crippen LogP contribution is 2.24. The van der Waals surface area contributed by atoms with Crippen molar-refractivity contribution in [2.45, 2.75) is 12.5 Å². The molecule has 5 heteroatoms. The second kappa shape index (κ2) is 5.54. The maximum atomic E-state index is 13.4. The van der Waals surface area contributed by atoms with E-state index in [9.17, 15) is 13.9 Å². The van der Waals surface area contributed by atoms with E-state index in [0.717, 1.165) is 18.2 Å². The van der Waals surface area contributed by atoms with E-state index >= 15 is 0 Å². The lowest BCUT2D eigenvalue weighted by molar-refractivity contribution is 0.171. The Labute approximate surface area is 111 Å². The van der Waals surface area contributed by atoms with Crippen molar-refractivity contribution in [3.8, 4) is 0 Å². The summed E-state index contributed by atoms with van der Waals surface area (Å²) in [4.78, 5) is 4.01. The highest BCUT2D eigenvalue weighted by molar-refractivity contribution is 9.10. The maximum Gasteiger partial charge on any atom is 0.126 e. The van der Waals surface area contributed by atoms with Crippen molar-refractivity contribution in [2.24, 2.45) is 0 Å². The minimum atomic E-state index is -0.989. The third-order valence-corrected chi connectivity index (χ3v) is 3.19. The fraction of sp³-hybridized carbons (Fsp3) is 0.154. The van der Waals surface area contributed by atoms with Crippen LogP contribution in [0.3, 0.4) is 0 Å². The van der Waals surface area contributed by atoms with E-state index in [0.29, 0.717) is 10.2 Å². The highest BCUT2D eigenvalue weighted by Gasteiger charge is 2.15. The molecule has 0 saturated carbocycles. The number of hydrogen-bond acceptors (Lipinski definition) is 2. The number of hydrogen-bond donors (Lipinski definition) is 1. The first kappa shape index (κ1) is 13.1. The largest absolute Gasteiger partial charge is 0.386 e. The molecule has 1 aromatic carbocycles. The van der Waals surface area contributed by atoms with Gasteiger partial charge in [-0.05, 0) is 51.8 Å². The van der Waals surface area contributed by atoms with Crippen LogP contribution in [0.15, 0.2) is 41.0 Å². The molecule has 0 amide bonds. The van der Waals surface area contributed by atoms with Crippen LogP contribution >= 0.6 is 15.9 Å². The van der Waals surface area contributed by atoms with E-state index in [1.165, 1.54) is 6.20 Å². The summed E-state index contributed by atoms with van der Waals surface area (Å²) in [6.45, 7) is 0. The van der Waals surface area contributed by atoms with Crippen molar-refractivity contribution in [3.05, 3.63) is 63.9 Å². The zero-order valence-corrected chi connectivity index (χ0v) is 10.9. The van der Waals surface area contributed by atoms with Crippen LogP contribution in [0.4, 0.5) is 8.78 Å². The van der Waals surface area contributed by atoms with E-state index in [1.54, 1.807) is 12.1 Å². The van der Waals surface area contributed by atoms with Crippen LogP contribution in [0, 0.1) is 11.6 Å². The lowest BCUT2D eigenvalue weighted by Gasteiger charge is -2.12. The van der Waals surface area contributed by atoms with Gasteiger partial charge >= 0.3 is 0 Å². The van der Waals surface area contributed by atoms with Crippen molar-refractivity contribution >= 4 is 15.9 Å². The molecule has 0 bridgehead atoms. The Kier molecular flexibility index (Phi) is 4.04. The van der Waals surface area contributed by atoms with Gasteiger partial charge in [-0.1, -0.05) is 0 Å². The quantitative estimate of drug-likeness (QED) is 0.942. The summed E-state index contributed by atoms with van der Waals surface area (Å²) in [7, 11) is 0. The van der Waals surface area contributed by atoms with Crippen molar-refractivity contribution in [1.82, 2.24) is 4.98 Å². The van der Waals surface area contributed by atoms with Crippen LogP contribution in [-0.2, 0) is 6.42 Å². The van der Waals surface area contributed by atoms with Gasteiger partial charge in [0, 0.05) is 17.1 Å². The molecule has 1 unspecified atom stereocenters. The fourth-order valence-corrected chi connectivity index (χ4v) is 2.17. The number of aliphatic hydroxyl groups is 1. The van der Waals surface area contributed by atoms with Gasteiger partial charge in [-0.15, -0.1) is 0 Å². The molecule has 0 spiro atoms. The van der Waals surface area contributed by atoms with Crippen LogP contribution in [0.2, 0.25) is 0 Å². The second-order valence-corrected chi connectivity index (χ2v) is 4.68. The Hall–Kier alpha value is -1.33. The average Bonchev–Trinajstić information content (AvgIpc) is 2.34. The standard InChI is InChI=1S/C13H10BrF2NO/c14-10-2-1-5-17-13(10)12(18)7-8-6-9(15)3-4-11(8)16/h1-6,12,18H,7H2. The van der Waals surface area contributed by atoms with Gasteiger partial charge in [-0.2, -0.15) is 0 Å². The van der Waals surface area contributed by atoms with Crippen LogP contribution in [0.25, 0.3) is 0 Å². The smallest absolute Gasteiger partial charge is 0.126 e. The Morgan fingerprint density at radius 1 is 1.28 bits per heavy atom. The molecule has 0 aliphatic heterocycles. The Morgan fingerprint density at radius 3 is 2.78 bits per heavy atom. The fourth-order valence-electron chi connectivity index (χ4n) is 1.65. The van der Waals surface area contributed by atoms with Gasteiger partial charge < -0.3 is 5.11 Å². The van der Waals surface area contributed by atoms with Gasteiger partial charge in [0.25, 0.3) is 0 Å². The van der Waals surface area contributed by atoms with E-state index < -0.39 is 17.7 Å². The number of benzene rings is 1. The van der Waals surface area contributed by atoms with E-state index in [4.69, 9.17) is 0 Å². The first-order chi connectivity index (χ1) is 8.58. The first-order valence-electron chi connectivity index (χ1n) is 5.30. The van der Waals surface area contributed by atoms with Crippen molar-refractivity contribution < 1.29 is 13.9 Å². The SMILES string of the molecule is OC(Cc1cc(F)ccc1F)c1ncccc1Br. The van der Waals surface area contributed by atoms with Gasteiger partial charge in [0.1, 0.15) is 17.7 Å². The molecular weight excluding hydrogens is 304 g/mol. The van der Waals surface area contributed by atoms with E-state index in [1.807, 2.05) is 0 Å².